The number of unbranched alkanes of at least 4 members (excludes halogenated alkanes) is 2. The number of aliphatic hydroxyl groups excluding tert-OH is 1. The topological polar surface area (TPSA) is 99.5 Å². The number of benzene rings is 4. The first-order valence-electron chi connectivity index (χ1n) is 22.6. The van der Waals surface area contributed by atoms with Gasteiger partial charge in [-0.3, -0.25) is 0 Å². The zero-order valence-electron chi connectivity index (χ0n) is 39.7. The Balaban J connectivity index is 0.000000233. The third-order valence-corrected chi connectivity index (χ3v) is 21.7. The summed E-state index contributed by atoms with van der Waals surface area (Å²) in [4.78, 5) is 16.5. The number of hydrogen-bond acceptors (Lipinski definition) is 8. The summed E-state index contributed by atoms with van der Waals surface area (Å²) in [5, 5.41) is 11.9. The van der Waals surface area contributed by atoms with Crippen LogP contribution in [-0.4, -0.2) is 68.1 Å². The van der Waals surface area contributed by atoms with Gasteiger partial charge in [-0.15, -0.1) is 0 Å². The van der Waals surface area contributed by atoms with Crippen LogP contribution in [0.3, 0.4) is 0 Å². The lowest BCUT2D eigenvalue weighted by Crippen LogP contribution is -2.40. The molecule has 0 saturated heterocycles. The van der Waals surface area contributed by atoms with E-state index in [-0.39, 0.29) is 11.6 Å². The zero-order chi connectivity index (χ0) is 45.9. The molecule has 0 bridgehead atoms. The molecular formula is C52H73ClN4O4Si2. The van der Waals surface area contributed by atoms with Crippen molar-refractivity contribution in [2.75, 3.05) is 26.4 Å². The van der Waals surface area contributed by atoms with E-state index in [1.54, 1.807) is 6.33 Å². The number of para-hydroxylation sites is 2. The smallest absolute Gasteiger partial charge is 0.224 e. The van der Waals surface area contributed by atoms with Gasteiger partial charge in [0.15, 0.2) is 16.6 Å². The number of hydrogen-bond donors (Lipinski definition) is 1. The second-order valence-corrected chi connectivity index (χ2v) is 29.2. The number of nitrogens with zero attached hydrogens (tertiary/aromatic N) is 4. The summed E-state index contributed by atoms with van der Waals surface area (Å²) in [5.74, 6) is 0.655. The Morgan fingerprint density at radius 2 is 0.905 bits per heavy atom. The SMILES string of the molecule is CC(C)(C)[Si](C)(C)OCCCCc1ccc(CCO)cc1.CC(C)(C)[Si](C)(C)OCCCCc1ccc(CCOc2ncnc3ccccc23)cc1.Clc1ncnc2ccccc12. The zero-order valence-corrected chi connectivity index (χ0v) is 42.5. The Kier molecular flexibility index (Phi) is 20.4. The minimum absolute atomic E-state index is 0.226. The Hall–Kier alpha value is -4.04. The van der Waals surface area contributed by atoms with Crippen molar-refractivity contribution in [3.8, 4) is 5.88 Å². The summed E-state index contributed by atoms with van der Waals surface area (Å²) in [6.07, 6.45) is 11.4. The van der Waals surface area contributed by atoms with Gasteiger partial charge in [0, 0.05) is 31.6 Å². The monoisotopic (exact) mass is 908 g/mol. The minimum atomic E-state index is -1.61. The van der Waals surface area contributed by atoms with Gasteiger partial charge in [-0.05, 0) is 128 Å². The Bertz CT molecular complexity index is 2230. The highest BCUT2D eigenvalue weighted by Gasteiger charge is 2.37. The summed E-state index contributed by atoms with van der Waals surface area (Å²) >= 11 is 5.81. The fourth-order valence-corrected chi connectivity index (χ4v) is 8.54. The van der Waals surface area contributed by atoms with Crippen LogP contribution in [0.2, 0.25) is 41.4 Å². The maximum atomic E-state index is 8.90. The number of aliphatic hydroxyl groups is 1. The number of halogens is 1. The Morgan fingerprint density at radius 1 is 0.492 bits per heavy atom. The fourth-order valence-electron chi connectivity index (χ4n) is 6.16. The van der Waals surface area contributed by atoms with Crippen LogP contribution in [0.15, 0.2) is 110 Å². The van der Waals surface area contributed by atoms with Crippen molar-refractivity contribution >= 4 is 50.0 Å². The van der Waals surface area contributed by atoms with Gasteiger partial charge in [-0.1, -0.05) is 126 Å². The first-order chi connectivity index (χ1) is 29.9. The van der Waals surface area contributed by atoms with Gasteiger partial charge in [0.2, 0.25) is 5.88 Å². The fraction of sp³-hybridized carbons (Fsp3) is 0.462. The Labute approximate surface area is 385 Å². The van der Waals surface area contributed by atoms with Crippen LogP contribution >= 0.6 is 11.6 Å². The highest BCUT2D eigenvalue weighted by Crippen LogP contribution is 2.37. The van der Waals surface area contributed by atoms with Crippen molar-refractivity contribution in [2.45, 2.75) is 129 Å². The lowest BCUT2D eigenvalue weighted by atomic mass is 10.1. The molecule has 6 aromatic rings. The summed E-state index contributed by atoms with van der Waals surface area (Å²) in [6, 6.07) is 33.1. The average molecular weight is 910 g/mol. The summed E-state index contributed by atoms with van der Waals surface area (Å²) in [7, 11) is -3.19. The van der Waals surface area contributed by atoms with Crippen LogP contribution in [0, 0.1) is 0 Å². The molecule has 0 aliphatic rings. The lowest BCUT2D eigenvalue weighted by molar-refractivity contribution is 0.279. The van der Waals surface area contributed by atoms with E-state index in [1.165, 1.54) is 35.0 Å². The van der Waals surface area contributed by atoms with E-state index in [2.05, 4.69) is 136 Å². The van der Waals surface area contributed by atoms with Gasteiger partial charge < -0.3 is 18.7 Å². The third-order valence-electron chi connectivity index (χ3n) is 12.3. The van der Waals surface area contributed by atoms with Crippen molar-refractivity contribution in [3.63, 3.8) is 0 Å². The standard InChI is InChI=1S/C26H36N2O2Si.C18H32O2Si.C8H5ClN2/c1-26(2,3)31(4,5)30-18-9-8-10-21-13-15-22(16-14-21)17-19-29-25-23-11-6-7-12-24(23)27-20-28-25;1-18(2,3)21(4,5)20-15-7-6-8-16-9-11-17(12-10-16)13-14-19;9-8-6-3-1-2-4-7(6)10-5-11-8/h6-7,11-16,20H,8-10,17-19H2,1-5H3;9-12,19H,6-8,13-15H2,1-5H3;1-5H. The summed E-state index contributed by atoms with van der Waals surface area (Å²) in [5.41, 5.74) is 7.05. The van der Waals surface area contributed by atoms with Gasteiger partial charge in [0.1, 0.15) is 17.8 Å². The lowest BCUT2D eigenvalue weighted by Gasteiger charge is -2.36. The molecule has 340 valence electrons. The molecule has 1 N–H and O–H groups in total. The van der Waals surface area contributed by atoms with E-state index in [9.17, 15) is 0 Å². The molecule has 0 aliphatic carbocycles. The van der Waals surface area contributed by atoms with Crippen LogP contribution in [0.4, 0.5) is 0 Å². The van der Waals surface area contributed by atoms with Crippen LogP contribution in [0.1, 0.15) is 89.5 Å². The first-order valence-corrected chi connectivity index (χ1v) is 28.8. The van der Waals surface area contributed by atoms with Crippen LogP contribution < -0.4 is 4.74 Å². The van der Waals surface area contributed by atoms with E-state index >= 15 is 0 Å². The summed E-state index contributed by atoms with van der Waals surface area (Å²) < 4.78 is 18.4. The number of rotatable bonds is 18. The molecule has 0 aliphatic heterocycles. The largest absolute Gasteiger partial charge is 0.477 e. The molecule has 11 heteroatoms. The number of ether oxygens (including phenoxy) is 1. The second-order valence-electron chi connectivity index (χ2n) is 19.2. The van der Waals surface area contributed by atoms with E-state index in [1.807, 2.05) is 48.5 Å². The molecule has 0 radical (unpaired) electrons. The molecule has 2 heterocycles. The number of aromatic nitrogens is 4. The quantitative estimate of drug-likeness (QED) is 0.0517. The molecule has 0 amide bonds. The molecular weight excluding hydrogens is 836 g/mol. The molecule has 8 nitrogen and oxygen atoms in total. The molecule has 63 heavy (non-hydrogen) atoms. The third kappa shape index (κ3) is 17.1. The molecule has 6 rings (SSSR count). The van der Waals surface area contributed by atoms with Crippen molar-refractivity contribution in [3.05, 3.63) is 137 Å². The van der Waals surface area contributed by atoms with E-state index < -0.39 is 16.6 Å². The maximum absolute atomic E-state index is 8.90. The maximum Gasteiger partial charge on any atom is 0.224 e. The first kappa shape index (κ1) is 51.6. The highest BCUT2D eigenvalue weighted by molar-refractivity contribution is 6.74. The van der Waals surface area contributed by atoms with Crippen molar-refractivity contribution in [1.29, 1.82) is 0 Å². The van der Waals surface area contributed by atoms with Crippen LogP contribution in [-0.2, 0) is 34.5 Å². The molecule has 0 spiro atoms. The predicted molar refractivity (Wildman–Crippen MR) is 269 cm³/mol. The number of aryl methyl sites for hydroxylation is 2. The van der Waals surface area contributed by atoms with E-state index in [4.69, 9.17) is 30.3 Å². The molecule has 2 aromatic heterocycles. The highest BCUT2D eigenvalue weighted by atomic mass is 35.5. The molecule has 4 aromatic carbocycles. The minimum Gasteiger partial charge on any atom is -0.477 e. The average Bonchev–Trinajstić information content (AvgIpc) is 3.24. The normalized spacial score (nSPS) is 12.1. The number of fused-ring (bicyclic) bond motifs is 2. The van der Waals surface area contributed by atoms with Crippen molar-refractivity contribution in [2.24, 2.45) is 0 Å². The van der Waals surface area contributed by atoms with Gasteiger partial charge in [0.25, 0.3) is 0 Å². The van der Waals surface area contributed by atoms with Crippen molar-refractivity contribution in [1.82, 2.24) is 19.9 Å². The molecule has 0 unspecified atom stereocenters. The molecule has 0 atom stereocenters. The van der Waals surface area contributed by atoms with Gasteiger partial charge in [-0.25, -0.2) is 19.9 Å². The molecule has 0 saturated carbocycles. The predicted octanol–water partition coefficient (Wildman–Crippen LogP) is 13.4. The van der Waals surface area contributed by atoms with Gasteiger partial charge in [-0.2, -0.15) is 0 Å². The second kappa shape index (κ2) is 24.9. The van der Waals surface area contributed by atoms with Crippen LogP contribution in [0.25, 0.3) is 21.8 Å². The van der Waals surface area contributed by atoms with Crippen LogP contribution in [0.5, 0.6) is 5.88 Å². The molecule has 0 fully saturated rings. The van der Waals surface area contributed by atoms with E-state index in [0.29, 0.717) is 22.7 Å². The summed E-state index contributed by atoms with van der Waals surface area (Å²) in [6.45, 7) is 25.6. The van der Waals surface area contributed by atoms with Gasteiger partial charge in [0.05, 0.1) is 23.0 Å². The van der Waals surface area contributed by atoms with Gasteiger partial charge >= 0.3 is 0 Å². The van der Waals surface area contributed by atoms with Crippen molar-refractivity contribution < 1.29 is 18.7 Å². The van der Waals surface area contributed by atoms with E-state index in [0.717, 1.165) is 80.0 Å². The Morgan fingerprint density at radius 3 is 1.37 bits per heavy atom.